The van der Waals surface area contributed by atoms with Crippen molar-refractivity contribution in [3.05, 3.63) is 70.0 Å². The van der Waals surface area contributed by atoms with Crippen molar-refractivity contribution in [1.82, 2.24) is 9.78 Å². The first-order chi connectivity index (χ1) is 14.7. The van der Waals surface area contributed by atoms with Crippen LogP contribution in [0.4, 0.5) is 5.69 Å². The number of ether oxygens (including phenoxy) is 2. The third-order valence-corrected chi connectivity index (χ3v) is 6.13. The molecule has 1 amide bonds. The van der Waals surface area contributed by atoms with Crippen LogP contribution in [0.2, 0.25) is 5.02 Å². The molecular formula is C20H18ClN3O6S. The summed E-state index contributed by atoms with van der Waals surface area (Å²) in [5.74, 6) is 0.291. The number of benzene rings is 2. The Morgan fingerprint density at radius 2 is 1.77 bits per heavy atom. The fraction of sp³-hybridized carbons (Fsp3) is 0.150. The molecule has 9 nitrogen and oxygen atoms in total. The van der Waals surface area contributed by atoms with E-state index in [1.54, 1.807) is 18.2 Å². The molecule has 0 unspecified atom stereocenters. The molecule has 3 aromatic rings. The van der Waals surface area contributed by atoms with Crippen molar-refractivity contribution in [1.29, 1.82) is 0 Å². The highest BCUT2D eigenvalue weighted by Gasteiger charge is 2.21. The third-order valence-electron chi connectivity index (χ3n) is 4.22. The average molecular weight is 464 g/mol. The zero-order chi connectivity index (χ0) is 22.6. The normalized spacial score (nSPS) is 11.1. The molecular weight excluding hydrogens is 446 g/mol. The molecule has 0 bridgehead atoms. The standard InChI is InChI=1S/C20H18ClN3O6S/c1-29-14-5-8-16(17(11-14)30-2)22-18(25)12-24-20(26)10-9-19(23-24)31(27,28)15-6-3-13(21)4-7-15/h3-11H,12H2,1-2H3,(H,22,25). The lowest BCUT2D eigenvalue weighted by molar-refractivity contribution is -0.117. The number of halogens is 1. The predicted octanol–water partition coefficient (Wildman–Crippen LogP) is 2.39. The van der Waals surface area contributed by atoms with Crippen LogP contribution < -0.4 is 20.3 Å². The molecule has 0 spiro atoms. The largest absolute Gasteiger partial charge is 0.497 e. The summed E-state index contributed by atoms with van der Waals surface area (Å²) in [5.41, 5.74) is -0.279. The monoisotopic (exact) mass is 463 g/mol. The van der Waals surface area contributed by atoms with Crippen molar-refractivity contribution in [2.45, 2.75) is 16.5 Å². The lowest BCUT2D eigenvalue weighted by Gasteiger charge is -2.12. The van der Waals surface area contributed by atoms with E-state index in [2.05, 4.69) is 10.4 Å². The van der Waals surface area contributed by atoms with Gasteiger partial charge >= 0.3 is 0 Å². The summed E-state index contributed by atoms with van der Waals surface area (Å²) in [6.45, 7) is -0.502. The first-order valence-corrected chi connectivity index (χ1v) is 10.7. The van der Waals surface area contributed by atoms with Crippen molar-refractivity contribution in [3.8, 4) is 11.5 Å². The number of carbonyl (C=O) groups is 1. The summed E-state index contributed by atoms with van der Waals surface area (Å²) in [4.78, 5) is 24.6. The van der Waals surface area contributed by atoms with Crippen molar-refractivity contribution >= 4 is 33.0 Å². The van der Waals surface area contributed by atoms with Crippen molar-refractivity contribution in [3.63, 3.8) is 0 Å². The van der Waals surface area contributed by atoms with Gasteiger partial charge in [-0.05, 0) is 42.5 Å². The van der Waals surface area contributed by atoms with Gasteiger partial charge in [0.15, 0.2) is 5.03 Å². The highest BCUT2D eigenvalue weighted by Crippen LogP contribution is 2.29. The molecule has 3 rings (SSSR count). The van der Waals surface area contributed by atoms with Gasteiger partial charge in [0.25, 0.3) is 5.56 Å². The predicted molar refractivity (Wildman–Crippen MR) is 114 cm³/mol. The quantitative estimate of drug-likeness (QED) is 0.571. The van der Waals surface area contributed by atoms with Crippen molar-refractivity contribution in [2.75, 3.05) is 19.5 Å². The molecule has 0 radical (unpaired) electrons. The average Bonchev–Trinajstić information content (AvgIpc) is 2.75. The highest BCUT2D eigenvalue weighted by atomic mass is 35.5. The number of nitrogens with one attached hydrogen (secondary N) is 1. The number of hydrogen-bond acceptors (Lipinski definition) is 7. The van der Waals surface area contributed by atoms with Crippen LogP contribution in [-0.2, 0) is 21.2 Å². The van der Waals surface area contributed by atoms with Crippen LogP contribution in [0.5, 0.6) is 11.5 Å². The first-order valence-electron chi connectivity index (χ1n) is 8.85. The van der Waals surface area contributed by atoms with Crippen LogP contribution in [0.3, 0.4) is 0 Å². The molecule has 0 aliphatic rings. The minimum absolute atomic E-state index is 0.0398. The Kier molecular flexibility index (Phi) is 6.62. The summed E-state index contributed by atoms with van der Waals surface area (Å²) >= 11 is 5.80. The van der Waals surface area contributed by atoms with Gasteiger partial charge in [0.2, 0.25) is 15.7 Å². The Labute approximate surface area is 183 Å². The number of nitrogens with zero attached hydrogens (tertiary/aromatic N) is 2. The zero-order valence-corrected chi connectivity index (χ0v) is 18.1. The number of carbonyl (C=O) groups excluding carboxylic acids is 1. The van der Waals surface area contributed by atoms with E-state index in [1.165, 1.54) is 38.5 Å². The van der Waals surface area contributed by atoms with E-state index in [9.17, 15) is 18.0 Å². The molecule has 0 fully saturated rings. The number of methoxy groups -OCH3 is 2. The third kappa shape index (κ3) is 5.04. The van der Waals surface area contributed by atoms with Crippen LogP contribution in [0.25, 0.3) is 0 Å². The lowest BCUT2D eigenvalue weighted by Crippen LogP contribution is -2.30. The van der Waals surface area contributed by atoms with Crippen molar-refractivity contribution < 1.29 is 22.7 Å². The van der Waals surface area contributed by atoms with Crippen LogP contribution in [0.1, 0.15) is 0 Å². The molecule has 0 saturated heterocycles. The Morgan fingerprint density at radius 3 is 2.42 bits per heavy atom. The Hall–Kier alpha value is -3.37. The Bertz CT molecular complexity index is 1270. The maximum absolute atomic E-state index is 12.8. The van der Waals surface area contributed by atoms with Crippen LogP contribution in [0.15, 0.2) is 69.3 Å². The molecule has 0 atom stereocenters. The van der Waals surface area contributed by atoms with Gasteiger partial charge in [-0.2, -0.15) is 5.10 Å². The topological polar surface area (TPSA) is 117 Å². The van der Waals surface area contributed by atoms with Crippen molar-refractivity contribution in [2.24, 2.45) is 0 Å². The summed E-state index contributed by atoms with van der Waals surface area (Å²) in [7, 11) is -1.07. The number of anilines is 1. The lowest BCUT2D eigenvalue weighted by atomic mass is 10.2. The minimum atomic E-state index is -4.00. The fourth-order valence-corrected chi connectivity index (χ4v) is 3.96. The van der Waals surface area contributed by atoms with E-state index in [-0.39, 0.29) is 9.92 Å². The van der Waals surface area contributed by atoms with Gasteiger partial charge in [0.05, 0.1) is 24.8 Å². The van der Waals surface area contributed by atoms with E-state index >= 15 is 0 Å². The number of rotatable bonds is 7. The van der Waals surface area contributed by atoms with Gasteiger partial charge in [-0.1, -0.05) is 11.6 Å². The Morgan fingerprint density at radius 1 is 1.06 bits per heavy atom. The smallest absolute Gasteiger partial charge is 0.267 e. The van der Waals surface area contributed by atoms with E-state index in [0.717, 1.165) is 16.8 Å². The fourth-order valence-electron chi connectivity index (χ4n) is 2.65. The molecule has 2 aromatic carbocycles. The molecule has 162 valence electrons. The van der Waals surface area contributed by atoms with Crippen LogP contribution in [-0.4, -0.2) is 38.3 Å². The molecule has 0 saturated carbocycles. The summed E-state index contributed by atoms with van der Waals surface area (Å²) in [5, 5.41) is 6.47. The van der Waals surface area contributed by atoms with Gasteiger partial charge in [0, 0.05) is 17.2 Å². The number of aromatic nitrogens is 2. The summed E-state index contributed by atoms with van der Waals surface area (Å²) in [6.07, 6.45) is 0. The van der Waals surface area contributed by atoms with E-state index in [0.29, 0.717) is 22.2 Å². The molecule has 1 aromatic heterocycles. The molecule has 31 heavy (non-hydrogen) atoms. The van der Waals surface area contributed by atoms with Crippen LogP contribution in [0, 0.1) is 0 Å². The second-order valence-corrected chi connectivity index (χ2v) is 8.57. The zero-order valence-electron chi connectivity index (χ0n) is 16.5. The van der Waals surface area contributed by atoms with E-state index in [4.69, 9.17) is 21.1 Å². The molecule has 11 heteroatoms. The summed E-state index contributed by atoms with van der Waals surface area (Å²) in [6, 6.07) is 12.4. The number of sulfone groups is 1. The van der Waals surface area contributed by atoms with Gasteiger partial charge < -0.3 is 14.8 Å². The molecule has 1 heterocycles. The number of hydrogen-bond donors (Lipinski definition) is 1. The molecule has 0 aliphatic heterocycles. The van der Waals surface area contributed by atoms with Gasteiger partial charge in [-0.25, -0.2) is 13.1 Å². The van der Waals surface area contributed by atoms with Gasteiger partial charge in [-0.15, -0.1) is 0 Å². The highest BCUT2D eigenvalue weighted by molar-refractivity contribution is 7.91. The second-order valence-electron chi connectivity index (χ2n) is 6.24. The summed E-state index contributed by atoms with van der Waals surface area (Å²) < 4.78 is 36.7. The first kappa shape index (κ1) is 22.3. The number of amides is 1. The van der Waals surface area contributed by atoms with Crippen LogP contribution >= 0.6 is 11.6 Å². The molecule has 0 aliphatic carbocycles. The molecule has 1 N–H and O–H groups in total. The maximum Gasteiger partial charge on any atom is 0.267 e. The van der Waals surface area contributed by atoms with Gasteiger partial charge in [0.1, 0.15) is 18.0 Å². The van der Waals surface area contributed by atoms with E-state index < -0.39 is 27.8 Å². The SMILES string of the molecule is COc1ccc(NC(=O)Cn2nc(S(=O)(=O)c3ccc(Cl)cc3)ccc2=O)c(OC)c1. The van der Waals surface area contributed by atoms with Gasteiger partial charge in [-0.3, -0.25) is 9.59 Å². The second kappa shape index (κ2) is 9.19. The maximum atomic E-state index is 12.8. The Balaban J connectivity index is 1.85. The van der Waals surface area contributed by atoms with E-state index in [1.807, 2.05) is 0 Å². The minimum Gasteiger partial charge on any atom is -0.497 e.